The van der Waals surface area contributed by atoms with Gasteiger partial charge >= 0.3 is 0 Å². The van der Waals surface area contributed by atoms with Crippen molar-refractivity contribution < 1.29 is 9.90 Å². The third-order valence-electron chi connectivity index (χ3n) is 4.30. The summed E-state index contributed by atoms with van der Waals surface area (Å²) < 4.78 is 0. The molecule has 1 amide bonds. The molecule has 1 N–H and O–H groups in total. The highest BCUT2D eigenvalue weighted by molar-refractivity contribution is 5.95. The van der Waals surface area contributed by atoms with Gasteiger partial charge in [0.15, 0.2) is 0 Å². The summed E-state index contributed by atoms with van der Waals surface area (Å²) in [6, 6.07) is 7.65. The van der Waals surface area contributed by atoms with Gasteiger partial charge in [-0.2, -0.15) is 0 Å². The molecule has 0 radical (unpaired) electrons. The fraction of sp³-hybridized carbons (Fsp3) is 0.562. The second kappa shape index (κ2) is 6.20. The third kappa shape index (κ3) is 2.98. The summed E-state index contributed by atoms with van der Waals surface area (Å²) in [5.74, 6) is 0.590. The molecule has 1 aromatic carbocycles. The van der Waals surface area contributed by atoms with Crippen molar-refractivity contribution in [3.63, 3.8) is 0 Å². The lowest BCUT2D eigenvalue weighted by molar-refractivity contribution is 0.0626. The number of carbonyl (C=O) groups excluding carboxylic acids is 1. The summed E-state index contributed by atoms with van der Waals surface area (Å²) in [5.41, 5.74) is 1.34. The van der Waals surface area contributed by atoms with E-state index in [-0.39, 0.29) is 12.5 Å². The van der Waals surface area contributed by atoms with Crippen LogP contribution in [-0.4, -0.2) is 29.0 Å². The summed E-state index contributed by atoms with van der Waals surface area (Å²) >= 11 is 0. The smallest absolute Gasteiger partial charge is 0.254 e. The molecule has 1 fully saturated rings. The van der Waals surface area contributed by atoms with E-state index >= 15 is 0 Å². The fourth-order valence-electron chi connectivity index (χ4n) is 3.08. The Labute approximate surface area is 115 Å². The van der Waals surface area contributed by atoms with E-state index < -0.39 is 0 Å². The maximum Gasteiger partial charge on any atom is 0.254 e. The number of rotatable bonds is 3. The first-order valence-electron chi connectivity index (χ1n) is 7.11. The minimum absolute atomic E-state index is 0.0309. The van der Waals surface area contributed by atoms with Crippen LogP contribution in [0.3, 0.4) is 0 Å². The number of benzene rings is 1. The van der Waals surface area contributed by atoms with Crippen LogP contribution in [0.5, 0.6) is 0 Å². The van der Waals surface area contributed by atoms with Gasteiger partial charge in [0.2, 0.25) is 0 Å². The summed E-state index contributed by atoms with van der Waals surface area (Å²) in [4.78, 5) is 14.5. The van der Waals surface area contributed by atoms with E-state index in [0.717, 1.165) is 6.42 Å². The SMILES string of the molecule is C[C@H]1CCCC[C@H]1N(C)C(=O)c1ccccc1CO. The van der Waals surface area contributed by atoms with Gasteiger partial charge < -0.3 is 10.0 Å². The molecule has 0 saturated heterocycles. The van der Waals surface area contributed by atoms with Gasteiger partial charge in [-0.15, -0.1) is 0 Å². The van der Waals surface area contributed by atoms with E-state index in [1.807, 2.05) is 30.1 Å². The topological polar surface area (TPSA) is 40.5 Å². The first kappa shape index (κ1) is 14.1. The van der Waals surface area contributed by atoms with Crippen molar-refractivity contribution in [3.8, 4) is 0 Å². The van der Waals surface area contributed by atoms with Crippen LogP contribution in [-0.2, 0) is 6.61 Å². The molecule has 0 aliphatic heterocycles. The zero-order valence-electron chi connectivity index (χ0n) is 11.8. The van der Waals surface area contributed by atoms with E-state index in [4.69, 9.17) is 0 Å². The Morgan fingerprint density at radius 3 is 2.68 bits per heavy atom. The fourth-order valence-corrected chi connectivity index (χ4v) is 3.08. The lowest BCUT2D eigenvalue weighted by atomic mass is 9.85. The predicted octanol–water partition coefficient (Wildman–Crippen LogP) is 2.83. The number of nitrogens with zero attached hydrogens (tertiary/aromatic N) is 1. The van der Waals surface area contributed by atoms with E-state index in [1.165, 1.54) is 19.3 Å². The second-order valence-corrected chi connectivity index (χ2v) is 5.56. The minimum atomic E-state index is -0.0873. The zero-order valence-corrected chi connectivity index (χ0v) is 11.8. The Morgan fingerprint density at radius 1 is 1.32 bits per heavy atom. The van der Waals surface area contributed by atoms with Crippen LogP contribution in [0.25, 0.3) is 0 Å². The maximum atomic E-state index is 12.6. The Balaban J connectivity index is 2.18. The van der Waals surface area contributed by atoms with Crippen molar-refractivity contribution in [1.29, 1.82) is 0 Å². The Hall–Kier alpha value is -1.35. The molecule has 3 heteroatoms. The van der Waals surface area contributed by atoms with Gasteiger partial charge in [-0.3, -0.25) is 4.79 Å². The summed E-state index contributed by atoms with van der Waals surface area (Å²) in [6.07, 6.45) is 4.76. The van der Waals surface area contributed by atoms with Gasteiger partial charge in [-0.05, 0) is 30.4 Å². The van der Waals surface area contributed by atoms with Crippen molar-refractivity contribution in [2.45, 2.75) is 45.3 Å². The van der Waals surface area contributed by atoms with Gasteiger partial charge in [0, 0.05) is 18.7 Å². The highest BCUT2D eigenvalue weighted by Crippen LogP contribution is 2.28. The Bertz CT molecular complexity index is 444. The molecule has 0 unspecified atom stereocenters. The van der Waals surface area contributed by atoms with Crippen LogP contribution in [0.2, 0.25) is 0 Å². The molecular formula is C16H23NO2. The number of hydrogen-bond acceptors (Lipinski definition) is 2. The number of carbonyl (C=O) groups is 1. The first-order chi connectivity index (χ1) is 9.15. The van der Waals surface area contributed by atoms with E-state index in [9.17, 15) is 9.90 Å². The number of hydrogen-bond donors (Lipinski definition) is 1. The van der Waals surface area contributed by atoms with Gasteiger partial charge in [0.1, 0.15) is 0 Å². The zero-order chi connectivity index (χ0) is 13.8. The molecule has 1 aliphatic rings. The molecule has 1 aromatic rings. The molecule has 3 nitrogen and oxygen atoms in total. The van der Waals surface area contributed by atoms with Crippen molar-refractivity contribution in [2.24, 2.45) is 5.92 Å². The van der Waals surface area contributed by atoms with Crippen molar-refractivity contribution in [1.82, 2.24) is 4.90 Å². The minimum Gasteiger partial charge on any atom is -0.392 e. The quantitative estimate of drug-likeness (QED) is 0.909. The molecule has 104 valence electrons. The predicted molar refractivity (Wildman–Crippen MR) is 75.9 cm³/mol. The van der Waals surface area contributed by atoms with E-state index in [1.54, 1.807) is 6.07 Å². The molecule has 19 heavy (non-hydrogen) atoms. The van der Waals surface area contributed by atoms with Crippen LogP contribution < -0.4 is 0 Å². The normalized spacial score (nSPS) is 23.1. The van der Waals surface area contributed by atoms with Crippen LogP contribution in [0, 0.1) is 5.92 Å². The molecule has 0 spiro atoms. The van der Waals surface area contributed by atoms with Gasteiger partial charge in [-0.1, -0.05) is 38.0 Å². The van der Waals surface area contributed by atoms with Crippen LogP contribution in [0.4, 0.5) is 0 Å². The van der Waals surface area contributed by atoms with Crippen molar-refractivity contribution >= 4 is 5.91 Å². The van der Waals surface area contributed by atoms with E-state index in [2.05, 4.69) is 6.92 Å². The van der Waals surface area contributed by atoms with Crippen molar-refractivity contribution in [2.75, 3.05) is 7.05 Å². The molecule has 0 aromatic heterocycles. The summed E-state index contributed by atoms with van der Waals surface area (Å²) in [7, 11) is 1.89. The van der Waals surface area contributed by atoms with Gasteiger partial charge in [0.25, 0.3) is 5.91 Å². The molecule has 0 bridgehead atoms. The van der Waals surface area contributed by atoms with Crippen LogP contribution in [0.15, 0.2) is 24.3 Å². The van der Waals surface area contributed by atoms with Crippen LogP contribution >= 0.6 is 0 Å². The lowest BCUT2D eigenvalue weighted by Crippen LogP contribution is -2.42. The molecule has 2 atom stereocenters. The standard InChI is InChI=1S/C16H23NO2/c1-12-7-3-6-10-15(12)17(2)16(19)14-9-5-4-8-13(14)11-18/h4-5,8-9,12,15,18H,3,6-7,10-11H2,1-2H3/t12-,15+/m0/s1. The average molecular weight is 261 g/mol. The largest absolute Gasteiger partial charge is 0.392 e. The Kier molecular flexibility index (Phi) is 4.59. The number of amides is 1. The molecule has 1 aliphatic carbocycles. The number of aliphatic hydroxyl groups excluding tert-OH is 1. The van der Waals surface area contributed by atoms with Gasteiger partial charge in [0.05, 0.1) is 6.61 Å². The number of aliphatic hydroxyl groups is 1. The molecular weight excluding hydrogens is 238 g/mol. The summed E-state index contributed by atoms with van der Waals surface area (Å²) in [6.45, 7) is 2.14. The third-order valence-corrected chi connectivity index (χ3v) is 4.30. The monoisotopic (exact) mass is 261 g/mol. The van der Waals surface area contributed by atoms with E-state index in [0.29, 0.717) is 23.1 Å². The maximum absolute atomic E-state index is 12.6. The highest BCUT2D eigenvalue weighted by atomic mass is 16.3. The molecule has 2 rings (SSSR count). The average Bonchev–Trinajstić information content (AvgIpc) is 2.46. The lowest BCUT2D eigenvalue weighted by Gasteiger charge is -2.36. The first-order valence-corrected chi connectivity index (χ1v) is 7.11. The van der Waals surface area contributed by atoms with Crippen LogP contribution in [0.1, 0.15) is 48.5 Å². The molecule has 0 heterocycles. The summed E-state index contributed by atoms with van der Waals surface area (Å²) in [5, 5.41) is 9.34. The van der Waals surface area contributed by atoms with Gasteiger partial charge in [-0.25, -0.2) is 0 Å². The highest BCUT2D eigenvalue weighted by Gasteiger charge is 2.28. The Morgan fingerprint density at radius 2 is 2.00 bits per heavy atom. The molecule has 1 saturated carbocycles. The second-order valence-electron chi connectivity index (χ2n) is 5.56. The van der Waals surface area contributed by atoms with Crippen molar-refractivity contribution in [3.05, 3.63) is 35.4 Å².